The number of anilines is 4. The minimum Gasteiger partial charge on any atom is -0.494 e. The Hall–Kier alpha value is -3.83. The summed E-state index contributed by atoms with van der Waals surface area (Å²) in [7, 11) is 0.245. The maximum absolute atomic E-state index is 13.1. The van der Waals surface area contributed by atoms with E-state index in [0.29, 0.717) is 28.3 Å². The van der Waals surface area contributed by atoms with Gasteiger partial charge in [-0.25, -0.2) is 13.4 Å². The number of benzene rings is 2. The van der Waals surface area contributed by atoms with E-state index in [2.05, 4.69) is 38.2 Å². The number of nitrogen functional groups attached to an aromatic ring is 1. The van der Waals surface area contributed by atoms with Crippen molar-refractivity contribution < 1.29 is 13.2 Å². The molecule has 5 rings (SSSR count). The summed E-state index contributed by atoms with van der Waals surface area (Å²) in [6, 6.07) is 14.8. The van der Waals surface area contributed by atoms with Gasteiger partial charge in [-0.05, 0) is 51.2 Å². The lowest BCUT2D eigenvalue weighted by Gasteiger charge is -2.34. The van der Waals surface area contributed by atoms with Crippen molar-refractivity contribution in [2.24, 2.45) is 0 Å². The number of hydrogen-bond donors (Lipinski definition) is 2. The molecule has 0 spiro atoms. The highest BCUT2D eigenvalue weighted by Crippen LogP contribution is 2.35. The molecule has 0 saturated carbocycles. The lowest BCUT2D eigenvalue weighted by molar-refractivity contribution is 0.312. The van der Waals surface area contributed by atoms with E-state index in [9.17, 15) is 8.42 Å². The number of nitrogens with two attached hydrogens (primary N) is 1. The minimum absolute atomic E-state index is 0.0827. The molecule has 0 amide bonds. The number of aromatic nitrogens is 3. The molecule has 0 aliphatic carbocycles. The van der Waals surface area contributed by atoms with Crippen LogP contribution in [-0.2, 0) is 9.84 Å². The first-order valence-electron chi connectivity index (χ1n) is 12.6. The third-order valence-electron chi connectivity index (χ3n) is 6.91. The summed E-state index contributed by atoms with van der Waals surface area (Å²) in [4.78, 5) is 13.7. The predicted molar refractivity (Wildman–Crippen MR) is 152 cm³/mol. The molecule has 0 unspecified atom stereocenters. The number of fused-ring (bicyclic) bond motifs is 1. The molecule has 4 aromatic rings. The fourth-order valence-corrected chi connectivity index (χ4v) is 5.88. The molecule has 11 heteroatoms. The Bertz CT molecular complexity index is 1580. The van der Waals surface area contributed by atoms with Crippen LogP contribution in [0, 0.1) is 0 Å². The Morgan fingerprint density at radius 3 is 2.47 bits per heavy atom. The summed E-state index contributed by atoms with van der Waals surface area (Å²) in [5.74, 6) is 1.18. The maximum Gasteiger partial charge on any atom is 0.222 e. The molecule has 0 radical (unpaired) electrons. The van der Waals surface area contributed by atoms with Crippen LogP contribution in [0.5, 0.6) is 5.75 Å². The van der Waals surface area contributed by atoms with Gasteiger partial charge in [-0.2, -0.15) is 4.98 Å². The van der Waals surface area contributed by atoms with Crippen molar-refractivity contribution in [1.29, 1.82) is 0 Å². The van der Waals surface area contributed by atoms with Crippen molar-refractivity contribution in [3.63, 3.8) is 0 Å². The summed E-state index contributed by atoms with van der Waals surface area (Å²) in [6.07, 6.45) is 1.88. The number of methoxy groups -OCH3 is 1. The van der Waals surface area contributed by atoms with Crippen molar-refractivity contribution in [3.05, 3.63) is 54.7 Å². The molecule has 1 aliphatic heterocycles. The fourth-order valence-electron chi connectivity index (χ4n) is 4.68. The number of likely N-dealkylation sites (N-methyl/N-ethyl adjacent to an activating group) is 1. The van der Waals surface area contributed by atoms with Crippen LogP contribution in [0.1, 0.15) is 13.8 Å². The molecule has 200 valence electrons. The molecule has 2 aromatic heterocycles. The standard InChI is InChI=1S/C27H33N7O3S/c1-18(2)38(35,36)24-8-6-5-7-20(24)29-26-25-21(30-27(28)31-26)11-12-34(25)22-10-9-19(17-23(22)37-4)33-15-13-32(3)14-16-33/h5-12,17-18H,13-16H2,1-4H3,(H3,28,29,30,31). The SMILES string of the molecule is COc1cc(N2CCN(C)CC2)ccc1-n1ccc2nc(N)nc(Nc3ccccc3S(=O)(=O)C(C)C)c21. The zero-order valence-corrected chi connectivity index (χ0v) is 22.9. The van der Waals surface area contributed by atoms with Gasteiger partial charge in [-0.15, -0.1) is 0 Å². The Morgan fingerprint density at radius 2 is 1.76 bits per heavy atom. The van der Waals surface area contributed by atoms with Gasteiger partial charge in [-0.3, -0.25) is 0 Å². The number of hydrogen-bond acceptors (Lipinski definition) is 9. The smallest absolute Gasteiger partial charge is 0.222 e. The normalized spacial score (nSPS) is 14.8. The number of para-hydroxylation sites is 1. The quantitative estimate of drug-likeness (QED) is 0.365. The third kappa shape index (κ3) is 4.74. The Balaban J connectivity index is 1.60. The second-order valence-electron chi connectivity index (χ2n) is 9.71. The number of piperazine rings is 1. The molecular formula is C27H33N7O3S. The Labute approximate surface area is 223 Å². The highest BCUT2D eigenvalue weighted by atomic mass is 32.2. The maximum atomic E-state index is 13.1. The van der Waals surface area contributed by atoms with E-state index in [-0.39, 0.29) is 10.8 Å². The number of nitrogens with one attached hydrogen (secondary N) is 1. The molecule has 38 heavy (non-hydrogen) atoms. The number of ether oxygens (including phenoxy) is 1. The lowest BCUT2D eigenvalue weighted by atomic mass is 10.2. The van der Waals surface area contributed by atoms with Crippen molar-refractivity contribution in [3.8, 4) is 11.4 Å². The second-order valence-corrected chi connectivity index (χ2v) is 12.2. The first kappa shape index (κ1) is 25.8. The van der Waals surface area contributed by atoms with E-state index < -0.39 is 15.1 Å². The van der Waals surface area contributed by atoms with Gasteiger partial charge in [0.15, 0.2) is 15.7 Å². The van der Waals surface area contributed by atoms with E-state index in [4.69, 9.17) is 10.5 Å². The molecule has 3 N–H and O–H groups in total. The summed E-state index contributed by atoms with van der Waals surface area (Å²) in [5.41, 5.74) is 9.64. The molecule has 3 heterocycles. The Kier molecular flexibility index (Phi) is 6.89. The highest BCUT2D eigenvalue weighted by molar-refractivity contribution is 7.92. The van der Waals surface area contributed by atoms with Gasteiger partial charge in [0.05, 0.1) is 34.1 Å². The zero-order valence-electron chi connectivity index (χ0n) is 22.0. The van der Waals surface area contributed by atoms with E-state index in [1.165, 1.54) is 0 Å². The van der Waals surface area contributed by atoms with E-state index in [1.54, 1.807) is 45.2 Å². The van der Waals surface area contributed by atoms with Crippen LogP contribution in [0.2, 0.25) is 0 Å². The molecule has 10 nitrogen and oxygen atoms in total. The number of nitrogens with zero attached hydrogens (tertiary/aromatic N) is 5. The monoisotopic (exact) mass is 535 g/mol. The van der Waals surface area contributed by atoms with Crippen molar-refractivity contribution >= 4 is 44.0 Å². The van der Waals surface area contributed by atoms with Gasteiger partial charge >= 0.3 is 0 Å². The average molecular weight is 536 g/mol. The van der Waals surface area contributed by atoms with Gasteiger partial charge in [0.1, 0.15) is 11.3 Å². The van der Waals surface area contributed by atoms with E-state index in [1.807, 2.05) is 29.0 Å². The van der Waals surface area contributed by atoms with Gasteiger partial charge < -0.3 is 30.2 Å². The van der Waals surface area contributed by atoms with Gasteiger partial charge in [0, 0.05) is 44.1 Å². The topological polar surface area (TPSA) is 119 Å². The Morgan fingerprint density at radius 1 is 1.03 bits per heavy atom. The summed E-state index contributed by atoms with van der Waals surface area (Å²) in [5, 5.41) is 2.66. The predicted octanol–water partition coefficient (Wildman–Crippen LogP) is 3.69. The average Bonchev–Trinajstić information content (AvgIpc) is 3.32. The summed E-state index contributed by atoms with van der Waals surface area (Å²) in [6.45, 7) is 7.24. The van der Waals surface area contributed by atoms with E-state index >= 15 is 0 Å². The van der Waals surface area contributed by atoms with Crippen LogP contribution in [-0.4, -0.2) is 73.4 Å². The first-order chi connectivity index (χ1) is 18.2. The molecule has 0 atom stereocenters. The lowest BCUT2D eigenvalue weighted by Crippen LogP contribution is -2.44. The van der Waals surface area contributed by atoms with Crippen LogP contribution in [0.3, 0.4) is 0 Å². The van der Waals surface area contributed by atoms with Gasteiger partial charge in [0.2, 0.25) is 5.95 Å². The molecule has 1 saturated heterocycles. The zero-order chi connectivity index (χ0) is 27.0. The van der Waals surface area contributed by atoms with Crippen LogP contribution in [0.4, 0.5) is 23.1 Å². The number of rotatable bonds is 7. The summed E-state index contributed by atoms with van der Waals surface area (Å²) < 4.78 is 33.9. The van der Waals surface area contributed by atoms with Crippen LogP contribution in [0.15, 0.2) is 59.6 Å². The first-order valence-corrected chi connectivity index (χ1v) is 14.1. The van der Waals surface area contributed by atoms with Crippen LogP contribution >= 0.6 is 0 Å². The van der Waals surface area contributed by atoms with Crippen molar-refractivity contribution in [2.75, 3.05) is 56.3 Å². The minimum atomic E-state index is -3.54. The van der Waals surface area contributed by atoms with Crippen LogP contribution in [0.25, 0.3) is 16.7 Å². The molecule has 2 aromatic carbocycles. The van der Waals surface area contributed by atoms with Crippen molar-refractivity contribution in [1.82, 2.24) is 19.4 Å². The number of sulfone groups is 1. The van der Waals surface area contributed by atoms with Crippen molar-refractivity contribution in [2.45, 2.75) is 24.0 Å². The summed E-state index contributed by atoms with van der Waals surface area (Å²) >= 11 is 0. The van der Waals surface area contributed by atoms with Gasteiger partial charge in [-0.1, -0.05) is 12.1 Å². The van der Waals surface area contributed by atoms with E-state index in [0.717, 1.165) is 37.6 Å². The molecule has 1 aliphatic rings. The van der Waals surface area contributed by atoms with Crippen LogP contribution < -0.4 is 20.7 Å². The molecule has 1 fully saturated rings. The molecule has 0 bridgehead atoms. The largest absolute Gasteiger partial charge is 0.494 e. The second kappa shape index (κ2) is 10.1. The highest BCUT2D eigenvalue weighted by Gasteiger charge is 2.24. The molecular weight excluding hydrogens is 502 g/mol. The third-order valence-corrected chi connectivity index (χ3v) is 9.12. The van der Waals surface area contributed by atoms with Gasteiger partial charge in [0.25, 0.3) is 0 Å². The fraction of sp³-hybridized carbons (Fsp3) is 0.333.